The number of carbonyl (C=O) groups is 2. The molecular weight excluding hydrogens is 286 g/mol. The molecule has 1 unspecified atom stereocenters. The lowest BCUT2D eigenvalue weighted by molar-refractivity contribution is -0.00519. The molecule has 3 heterocycles. The predicted octanol–water partition coefficient (Wildman–Crippen LogP) is 1.19. The maximum absolute atomic E-state index is 12.8. The van der Waals surface area contributed by atoms with Gasteiger partial charge in [0.15, 0.2) is 0 Å². The van der Waals surface area contributed by atoms with Gasteiger partial charge in [-0.05, 0) is 31.9 Å². The highest BCUT2D eigenvalue weighted by atomic mass is 16.6. The van der Waals surface area contributed by atoms with Crippen molar-refractivity contribution >= 4 is 12.0 Å². The van der Waals surface area contributed by atoms with Crippen LogP contribution in [-0.4, -0.2) is 53.7 Å². The molecular formula is C15H19N3O4. The molecule has 0 aromatic carbocycles. The van der Waals surface area contributed by atoms with Gasteiger partial charge in [-0.1, -0.05) is 0 Å². The Labute approximate surface area is 128 Å². The average molecular weight is 305 g/mol. The monoisotopic (exact) mass is 305 g/mol. The summed E-state index contributed by atoms with van der Waals surface area (Å²) >= 11 is 0. The number of ether oxygens (including phenoxy) is 2. The first-order valence-electron chi connectivity index (χ1n) is 7.47. The molecule has 1 spiro atoms. The lowest BCUT2D eigenvalue weighted by atomic mass is 9.92. The molecule has 1 N–H and O–H groups in total. The van der Waals surface area contributed by atoms with E-state index < -0.39 is 11.7 Å². The van der Waals surface area contributed by atoms with Crippen LogP contribution in [0.15, 0.2) is 18.3 Å². The van der Waals surface area contributed by atoms with Gasteiger partial charge in [-0.3, -0.25) is 4.79 Å². The van der Waals surface area contributed by atoms with Crippen LogP contribution in [0.4, 0.5) is 4.79 Å². The van der Waals surface area contributed by atoms with E-state index in [4.69, 9.17) is 9.47 Å². The third-order valence-corrected chi connectivity index (χ3v) is 3.97. The second-order valence-corrected chi connectivity index (χ2v) is 5.55. The summed E-state index contributed by atoms with van der Waals surface area (Å²) in [5.41, 5.74) is -0.155. The molecule has 1 aromatic heterocycles. The zero-order valence-electron chi connectivity index (χ0n) is 12.5. The van der Waals surface area contributed by atoms with E-state index in [9.17, 15) is 9.59 Å². The Bertz CT molecular complexity index is 592. The number of nitrogens with one attached hydrogen (secondary N) is 1. The van der Waals surface area contributed by atoms with Crippen molar-refractivity contribution in [2.24, 2.45) is 0 Å². The first kappa shape index (κ1) is 14.6. The van der Waals surface area contributed by atoms with Crippen molar-refractivity contribution < 1.29 is 19.1 Å². The van der Waals surface area contributed by atoms with Crippen LogP contribution < -0.4 is 10.1 Å². The molecule has 2 aliphatic heterocycles. The van der Waals surface area contributed by atoms with Crippen LogP contribution in [0.25, 0.3) is 0 Å². The van der Waals surface area contributed by atoms with Gasteiger partial charge in [0.05, 0.1) is 19.7 Å². The van der Waals surface area contributed by atoms with E-state index in [2.05, 4.69) is 10.3 Å². The predicted molar refractivity (Wildman–Crippen MR) is 77.8 cm³/mol. The van der Waals surface area contributed by atoms with Gasteiger partial charge in [0.25, 0.3) is 5.91 Å². The number of nitrogens with zero attached hydrogens (tertiary/aromatic N) is 2. The topological polar surface area (TPSA) is 80.8 Å². The Morgan fingerprint density at radius 3 is 3.18 bits per heavy atom. The van der Waals surface area contributed by atoms with Crippen LogP contribution in [0, 0.1) is 0 Å². The van der Waals surface area contributed by atoms with Crippen molar-refractivity contribution in [3.05, 3.63) is 23.9 Å². The summed E-state index contributed by atoms with van der Waals surface area (Å²) in [4.78, 5) is 29.9. The number of aromatic nitrogens is 1. The Morgan fingerprint density at radius 2 is 2.45 bits per heavy atom. The number of likely N-dealkylation sites (tertiary alicyclic amines) is 1. The first-order valence-corrected chi connectivity index (χ1v) is 7.47. The number of hydrogen-bond acceptors (Lipinski definition) is 5. The van der Waals surface area contributed by atoms with Gasteiger partial charge in [0.2, 0.25) is 5.88 Å². The number of rotatable bonds is 3. The fourth-order valence-electron chi connectivity index (χ4n) is 2.98. The Hall–Kier alpha value is -2.31. The molecule has 0 radical (unpaired) electrons. The molecule has 2 amide bonds. The van der Waals surface area contributed by atoms with Crippen molar-refractivity contribution in [1.29, 1.82) is 0 Å². The summed E-state index contributed by atoms with van der Waals surface area (Å²) in [6.45, 7) is 3.77. The largest absolute Gasteiger partial charge is 0.477 e. The highest BCUT2D eigenvalue weighted by Gasteiger charge is 2.45. The Balaban J connectivity index is 1.79. The zero-order valence-corrected chi connectivity index (χ0v) is 12.5. The molecule has 0 aliphatic carbocycles. The minimum atomic E-state index is -0.598. The standard InChI is InChI=1S/C15H19N3O4/c1-2-21-12-11(5-3-7-16-12)13(19)18-8-4-6-15(10-18)9-17-14(20)22-15/h3,5,7H,2,4,6,8-10H2,1H3,(H,17,20). The smallest absolute Gasteiger partial charge is 0.407 e. The van der Waals surface area contributed by atoms with E-state index in [1.807, 2.05) is 6.92 Å². The fourth-order valence-corrected chi connectivity index (χ4v) is 2.98. The van der Waals surface area contributed by atoms with E-state index >= 15 is 0 Å². The number of carbonyl (C=O) groups excluding carboxylic acids is 2. The van der Waals surface area contributed by atoms with Crippen LogP contribution in [-0.2, 0) is 4.74 Å². The van der Waals surface area contributed by atoms with Crippen molar-refractivity contribution in [1.82, 2.24) is 15.2 Å². The van der Waals surface area contributed by atoms with Crippen molar-refractivity contribution in [3.63, 3.8) is 0 Å². The second-order valence-electron chi connectivity index (χ2n) is 5.55. The molecule has 7 nitrogen and oxygen atoms in total. The van der Waals surface area contributed by atoms with Gasteiger partial charge >= 0.3 is 6.09 Å². The number of amides is 2. The number of alkyl carbamates (subject to hydrolysis) is 1. The molecule has 2 fully saturated rings. The normalized spacial score (nSPS) is 24.0. The third-order valence-electron chi connectivity index (χ3n) is 3.97. The maximum Gasteiger partial charge on any atom is 0.407 e. The van der Waals surface area contributed by atoms with Crippen LogP contribution >= 0.6 is 0 Å². The van der Waals surface area contributed by atoms with Crippen molar-refractivity contribution in [2.45, 2.75) is 25.4 Å². The van der Waals surface area contributed by atoms with E-state index in [1.54, 1.807) is 23.2 Å². The molecule has 2 saturated heterocycles. The van der Waals surface area contributed by atoms with Crippen LogP contribution in [0.2, 0.25) is 0 Å². The molecule has 0 bridgehead atoms. The van der Waals surface area contributed by atoms with Crippen LogP contribution in [0.3, 0.4) is 0 Å². The van der Waals surface area contributed by atoms with Gasteiger partial charge in [-0.25, -0.2) is 9.78 Å². The molecule has 22 heavy (non-hydrogen) atoms. The third kappa shape index (κ3) is 2.70. The molecule has 118 valence electrons. The van der Waals surface area contributed by atoms with Gasteiger partial charge < -0.3 is 19.7 Å². The summed E-state index contributed by atoms with van der Waals surface area (Å²) < 4.78 is 10.8. The summed E-state index contributed by atoms with van der Waals surface area (Å²) in [6.07, 6.45) is 2.75. The lowest BCUT2D eigenvalue weighted by Crippen LogP contribution is -2.52. The van der Waals surface area contributed by atoms with Crippen LogP contribution in [0.5, 0.6) is 5.88 Å². The van der Waals surface area contributed by atoms with E-state index in [-0.39, 0.29) is 5.91 Å². The van der Waals surface area contributed by atoms with Gasteiger partial charge in [0, 0.05) is 12.7 Å². The van der Waals surface area contributed by atoms with E-state index in [0.717, 1.165) is 12.8 Å². The summed E-state index contributed by atoms with van der Waals surface area (Å²) in [5, 5.41) is 2.67. The number of pyridine rings is 1. The number of piperidine rings is 1. The van der Waals surface area contributed by atoms with Gasteiger partial charge in [-0.2, -0.15) is 0 Å². The molecule has 7 heteroatoms. The molecule has 2 aliphatic rings. The summed E-state index contributed by atoms with van der Waals surface area (Å²) in [6, 6.07) is 3.42. The van der Waals surface area contributed by atoms with E-state index in [0.29, 0.717) is 37.7 Å². The number of hydrogen-bond donors (Lipinski definition) is 1. The molecule has 3 rings (SSSR count). The highest BCUT2D eigenvalue weighted by molar-refractivity contribution is 5.96. The van der Waals surface area contributed by atoms with E-state index in [1.165, 1.54) is 0 Å². The van der Waals surface area contributed by atoms with Gasteiger partial charge in [-0.15, -0.1) is 0 Å². The van der Waals surface area contributed by atoms with Gasteiger partial charge in [0.1, 0.15) is 11.2 Å². The average Bonchev–Trinajstić information content (AvgIpc) is 2.88. The summed E-state index contributed by atoms with van der Waals surface area (Å²) in [5.74, 6) is 0.203. The Morgan fingerprint density at radius 1 is 1.59 bits per heavy atom. The lowest BCUT2D eigenvalue weighted by Gasteiger charge is -2.38. The zero-order chi connectivity index (χ0) is 15.6. The van der Waals surface area contributed by atoms with Crippen molar-refractivity contribution in [2.75, 3.05) is 26.2 Å². The first-order chi connectivity index (χ1) is 10.6. The van der Waals surface area contributed by atoms with Crippen molar-refractivity contribution in [3.8, 4) is 5.88 Å². The fraction of sp³-hybridized carbons (Fsp3) is 0.533. The molecule has 1 atom stereocenters. The van der Waals surface area contributed by atoms with Crippen LogP contribution in [0.1, 0.15) is 30.1 Å². The maximum atomic E-state index is 12.8. The minimum absolute atomic E-state index is 0.140. The minimum Gasteiger partial charge on any atom is -0.477 e. The summed E-state index contributed by atoms with van der Waals surface area (Å²) in [7, 11) is 0. The SMILES string of the molecule is CCOc1ncccc1C(=O)N1CCCC2(CNC(=O)O2)C1. The molecule has 1 aromatic rings. The molecule has 0 saturated carbocycles. The second kappa shape index (κ2) is 5.82. The Kier molecular flexibility index (Phi) is 3.87. The highest BCUT2D eigenvalue weighted by Crippen LogP contribution is 2.29. The quantitative estimate of drug-likeness (QED) is 0.907.